The largest absolute Gasteiger partial charge is 0.494 e. The van der Waals surface area contributed by atoms with Crippen molar-refractivity contribution in [3.8, 4) is 11.5 Å². The Morgan fingerprint density at radius 2 is 1.54 bits per heavy atom. The Kier molecular flexibility index (Phi) is 8.20. The summed E-state index contributed by atoms with van der Waals surface area (Å²) in [6.45, 7) is 1.96. The number of hydrogen-bond acceptors (Lipinski definition) is 4. The van der Waals surface area contributed by atoms with Gasteiger partial charge in [-0.2, -0.15) is 0 Å². The van der Waals surface area contributed by atoms with E-state index in [1.807, 2.05) is 0 Å². The first kappa shape index (κ1) is 21.1. The molecule has 0 spiro atoms. The smallest absolute Gasteiger partial charge is 0.258 e. The van der Waals surface area contributed by atoms with Gasteiger partial charge in [-0.25, -0.2) is 8.78 Å². The van der Waals surface area contributed by atoms with Crippen molar-refractivity contribution in [1.29, 1.82) is 0 Å². The second kappa shape index (κ2) is 10.9. The van der Waals surface area contributed by atoms with Crippen molar-refractivity contribution in [2.24, 2.45) is 0 Å². The van der Waals surface area contributed by atoms with Crippen molar-refractivity contribution in [3.05, 3.63) is 54.1 Å². The first-order valence-electron chi connectivity index (χ1n) is 8.85. The summed E-state index contributed by atoms with van der Waals surface area (Å²) in [6, 6.07) is 10.0. The van der Waals surface area contributed by atoms with Crippen LogP contribution in [0.4, 0.5) is 14.5 Å². The van der Waals surface area contributed by atoms with Gasteiger partial charge in [0.05, 0.1) is 13.2 Å². The molecule has 0 saturated carbocycles. The predicted molar refractivity (Wildman–Crippen MR) is 100 cm³/mol. The van der Waals surface area contributed by atoms with Gasteiger partial charge in [-0.05, 0) is 42.8 Å². The summed E-state index contributed by atoms with van der Waals surface area (Å²) in [5.41, 5.74) is -0.556. The van der Waals surface area contributed by atoms with Gasteiger partial charge in [-0.1, -0.05) is 19.4 Å². The molecule has 0 unspecified atom stereocenters. The minimum atomic E-state index is -0.898. The summed E-state index contributed by atoms with van der Waals surface area (Å²) < 4.78 is 37.8. The first-order valence-corrected chi connectivity index (χ1v) is 8.85. The van der Waals surface area contributed by atoms with Crippen LogP contribution >= 0.6 is 0 Å². The normalized spacial score (nSPS) is 10.2. The number of nitrogens with one attached hydrogen (secondary N) is 2. The monoisotopic (exact) mass is 392 g/mol. The Balaban J connectivity index is 1.71. The van der Waals surface area contributed by atoms with E-state index in [9.17, 15) is 18.4 Å². The Morgan fingerprint density at radius 1 is 0.929 bits per heavy atom. The lowest BCUT2D eigenvalue weighted by Gasteiger charge is -2.10. The summed E-state index contributed by atoms with van der Waals surface area (Å²) in [7, 11) is 0. The number of para-hydroxylation sites is 1. The van der Waals surface area contributed by atoms with Crippen molar-refractivity contribution in [1.82, 2.24) is 5.32 Å². The molecule has 0 heterocycles. The molecule has 0 saturated heterocycles. The highest BCUT2D eigenvalue weighted by Gasteiger charge is 2.12. The SMILES string of the molecule is CCCCOc1ccc(OCC(=O)NCC(=O)Nc2c(F)cccc2F)cc1. The van der Waals surface area contributed by atoms with Crippen LogP contribution in [0.25, 0.3) is 0 Å². The van der Waals surface area contributed by atoms with E-state index in [4.69, 9.17) is 9.47 Å². The van der Waals surface area contributed by atoms with Crippen molar-refractivity contribution in [2.75, 3.05) is 25.1 Å². The minimum Gasteiger partial charge on any atom is -0.494 e. The average molecular weight is 392 g/mol. The molecule has 8 heteroatoms. The lowest BCUT2D eigenvalue weighted by Crippen LogP contribution is -2.36. The van der Waals surface area contributed by atoms with Crippen molar-refractivity contribution < 1.29 is 27.8 Å². The number of amides is 2. The van der Waals surface area contributed by atoms with Crippen LogP contribution in [-0.2, 0) is 9.59 Å². The van der Waals surface area contributed by atoms with Gasteiger partial charge in [0.2, 0.25) is 5.91 Å². The van der Waals surface area contributed by atoms with E-state index in [1.165, 1.54) is 6.07 Å². The van der Waals surface area contributed by atoms with Crippen LogP contribution in [0.2, 0.25) is 0 Å². The molecule has 0 aromatic heterocycles. The number of unbranched alkanes of at least 4 members (excludes halogenated alkanes) is 1. The maximum atomic E-state index is 13.5. The second-order valence-corrected chi connectivity index (χ2v) is 5.88. The van der Waals surface area contributed by atoms with E-state index in [-0.39, 0.29) is 6.61 Å². The maximum absolute atomic E-state index is 13.5. The molecule has 0 aliphatic rings. The molecule has 0 aliphatic carbocycles. The van der Waals surface area contributed by atoms with Gasteiger partial charge in [-0.3, -0.25) is 9.59 Å². The molecule has 0 fully saturated rings. The maximum Gasteiger partial charge on any atom is 0.258 e. The van der Waals surface area contributed by atoms with Gasteiger partial charge >= 0.3 is 0 Å². The van der Waals surface area contributed by atoms with Gasteiger partial charge in [-0.15, -0.1) is 0 Å². The van der Waals surface area contributed by atoms with Crippen molar-refractivity contribution >= 4 is 17.5 Å². The lowest BCUT2D eigenvalue weighted by atomic mass is 10.3. The molecule has 150 valence electrons. The summed E-state index contributed by atoms with van der Waals surface area (Å²) in [4.78, 5) is 23.5. The zero-order valence-corrected chi connectivity index (χ0v) is 15.5. The summed E-state index contributed by atoms with van der Waals surface area (Å²) in [5, 5.41) is 4.39. The third kappa shape index (κ3) is 6.86. The molecule has 2 rings (SSSR count). The van der Waals surface area contributed by atoms with Crippen LogP contribution in [0.5, 0.6) is 11.5 Å². The quantitative estimate of drug-likeness (QED) is 0.609. The molecule has 2 aromatic carbocycles. The number of halogens is 2. The zero-order chi connectivity index (χ0) is 20.4. The van der Waals surface area contributed by atoms with E-state index in [0.717, 1.165) is 25.0 Å². The average Bonchev–Trinajstić information content (AvgIpc) is 2.69. The standard InChI is InChI=1S/C20H22F2N2O4/c1-2-3-11-27-14-7-9-15(10-8-14)28-13-19(26)23-12-18(25)24-20-16(21)5-4-6-17(20)22/h4-10H,2-3,11-13H2,1H3,(H,23,26)(H,24,25). The Hall–Kier alpha value is -3.16. The van der Waals surface area contributed by atoms with E-state index < -0.39 is 35.7 Å². The molecule has 0 atom stereocenters. The number of carbonyl (C=O) groups is 2. The molecule has 0 bridgehead atoms. The molecule has 2 N–H and O–H groups in total. The van der Waals surface area contributed by atoms with Crippen LogP contribution in [-0.4, -0.2) is 31.6 Å². The van der Waals surface area contributed by atoms with Gasteiger partial charge in [0.25, 0.3) is 5.91 Å². The van der Waals surface area contributed by atoms with Gasteiger partial charge in [0.15, 0.2) is 6.61 Å². The number of hydrogen-bond donors (Lipinski definition) is 2. The summed E-state index contributed by atoms with van der Waals surface area (Å²) in [5.74, 6) is -1.92. The minimum absolute atomic E-state index is 0.308. The molecule has 0 radical (unpaired) electrons. The highest BCUT2D eigenvalue weighted by Crippen LogP contribution is 2.18. The highest BCUT2D eigenvalue weighted by molar-refractivity contribution is 5.94. The fraction of sp³-hybridized carbons (Fsp3) is 0.300. The number of anilines is 1. The third-order valence-electron chi connectivity index (χ3n) is 3.63. The molecular formula is C20H22F2N2O4. The number of benzene rings is 2. The third-order valence-corrected chi connectivity index (χ3v) is 3.63. The van der Waals surface area contributed by atoms with Crippen LogP contribution in [0.1, 0.15) is 19.8 Å². The zero-order valence-electron chi connectivity index (χ0n) is 15.5. The Labute approximate surface area is 161 Å². The van der Waals surface area contributed by atoms with E-state index >= 15 is 0 Å². The lowest BCUT2D eigenvalue weighted by molar-refractivity contribution is -0.125. The van der Waals surface area contributed by atoms with Crippen molar-refractivity contribution in [3.63, 3.8) is 0 Å². The van der Waals surface area contributed by atoms with Crippen molar-refractivity contribution in [2.45, 2.75) is 19.8 Å². The van der Waals surface area contributed by atoms with Crippen LogP contribution in [0.15, 0.2) is 42.5 Å². The number of ether oxygens (including phenoxy) is 2. The van der Waals surface area contributed by atoms with Crippen LogP contribution in [0.3, 0.4) is 0 Å². The van der Waals surface area contributed by atoms with Crippen LogP contribution < -0.4 is 20.1 Å². The topological polar surface area (TPSA) is 76.7 Å². The molecule has 2 amide bonds. The molecule has 2 aromatic rings. The molecule has 28 heavy (non-hydrogen) atoms. The summed E-state index contributed by atoms with van der Waals surface area (Å²) >= 11 is 0. The second-order valence-electron chi connectivity index (χ2n) is 5.88. The summed E-state index contributed by atoms with van der Waals surface area (Å²) in [6.07, 6.45) is 2.01. The molecule has 6 nitrogen and oxygen atoms in total. The van der Waals surface area contributed by atoms with Gasteiger partial charge < -0.3 is 20.1 Å². The number of rotatable bonds is 10. The highest BCUT2D eigenvalue weighted by atomic mass is 19.1. The Morgan fingerprint density at radius 3 is 2.14 bits per heavy atom. The fourth-order valence-corrected chi connectivity index (χ4v) is 2.15. The molecule has 0 aliphatic heterocycles. The fourth-order valence-electron chi connectivity index (χ4n) is 2.15. The Bertz CT molecular complexity index is 777. The predicted octanol–water partition coefficient (Wildman–Crippen LogP) is 3.28. The number of carbonyl (C=O) groups excluding carboxylic acids is 2. The van der Waals surface area contributed by atoms with Gasteiger partial charge in [0.1, 0.15) is 28.8 Å². The molecular weight excluding hydrogens is 370 g/mol. The van der Waals surface area contributed by atoms with E-state index in [2.05, 4.69) is 17.6 Å². The van der Waals surface area contributed by atoms with Gasteiger partial charge in [0, 0.05) is 0 Å². The first-order chi connectivity index (χ1) is 13.5. The van der Waals surface area contributed by atoms with Crippen LogP contribution in [0, 0.1) is 11.6 Å². The van der Waals surface area contributed by atoms with E-state index in [1.54, 1.807) is 24.3 Å². The van der Waals surface area contributed by atoms with E-state index in [0.29, 0.717) is 18.1 Å².